The fourth-order valence-corrected chi connectivity index (χ4v) is 3.25. The summed E-state index contributed by atoms with van der Waals surface area (Å²) in [6, 6.07) is 5.66. The lowest BCUT2D eigenvalue weighted by Crippen LogP contribution is -2.44. The Morgan fingerprint density at radius 3 is 2.80 bits per heavy atom. The van der Waals surface area contributed by atoms with Crippen LogP contribution in [-0.2, 0) is 9.59 Å². The van der Waals surface area contributed by atoms with Crippen LogP contribution in [-0.4, -0.2) is 18.9 Å². The molecular formula is C15H18BrNO3. The molecule has 0 spiro atoms. The number of hydrogen-bond acceptors (Lipinski definition) is 3. The zero-order chi connectivity index (χ0) is 14.7. The Morgan fingerprint density at radius 2 is 2.15 bits per heavy atom. The SMILES string of the molecule is CCCC1C(=O)NC(=O)CC1c1cc(OC)ccc1Br. The highest BCUT2D eigenvalue weighted by Gasteiger charge is 2.37. The average molecular weight is 340 g/mol. The summed E-state index contributed by atoms with van der Waals surface area (Å²) < 4.78 is 6.15. The molecule has 1 saturated heterocycles. The minimum Gasteiger partial charge on any atom is -0.497 e. The van der Waals surface area contributed by atoms with Gasteiger partial charge in [-0.05, 0) is 30.2 Å². The Hall–Kier alpha value is -1.36. The molecule has 0 bridgehead atoms. The number of rotatable bonds is 4. The lowest BCUT2D eigenvalue weighted by atomic mass is 9.78. The van der Waals surface area contributed by atoms with E-state index in [1.54, 1.807) is 7.11 Å². The predicted octanol–water partition coefficient (Wildman–Crippen LogP) is 3.00. The normalized spacial score (nSPS) is 22.6. The Labute approximate surface area is 127 Å². The number of hydrogen-bond donors (Lipinski definition) is 1. The monoisotopic (exact) mass is 339 g/mol. The van der Waals surface area contributed by atoms with Gasteiger partial charge in [-0.2, -0.15) is 0 Å². The topological polar surface area (TPSA) is 55.4 Å². The Balaban J connectivity index is 2.40. The summed E-state index contributed by atoms with van der Waals surface area (Å²) in [4.78, 5) is 23.8. The van der Waals surface area contributed by atoms with Crippen LogP contribution < -0.4 is 10.1 Å². The van der Waals surface area contributed by atoms with Gasteiger partial charge in [0.15, 0.2) is 0 Å². The zero-order valence-electron chi connectivity index (χ0n) is 11.6. The smallest absolute Gasteiger partial charge is 0.230 e. The molecular weight excluding hydrogens is 322 g/mol. The van der Waals surface area contributed by atoms with Crippen molar-refractivity contribution in [2.24, 2.45) is 5.92 Å². The number of amides is 2. The molecule has 2 unspecified atom stereocenters. The molecule has 1 fully saturated rings. The molecule has 4 nitrogen and oxygen atoms in total. The van der Waals surface area contributed by atoms with Crippen LogP contribution in [0.2, 0.25) is 0 Å². The fraction of sp³-hybridized carbons (Fsp3) is 0.467. The molecule has 0 aliphatic carbocycles. The van der Waals surface area contributed by atoms with E-state index >= 15 is 0 Å². The first kappa shape index (κ1) is 15.0. The summed E-state index contributed by atoms with van der Waals surface area (Å²) >= 11 is 3.52. The zero-order valence-corrected chi connectivity index (χ0v) is 13.2. The van der Waals surface area contributed by atoms with E-state index in [9.17, 15) is 9.59 Å². The third kappa shape index (κ3) is 3.03. The van der Waals surface area contributed by atoms with Crippen LogP contribution in [0.25, 0.3) is 0 Å². The third-order valence-corrected chi connectivity index (χ3v) is 4.41. The number of ether oxygens (including phenoxy) is 1. The average Bonchev–Trinajstić information content (AvgIpc) is 2.42. The van der Waals surface area contributed by atoms with E-state index in [0.29, 0.717) is 6.42 Å². The van der Waals surface area contributed by atoms with Gasteiger partial charge in [-0.25, -0.2) is 0 Å². The molecule has 1 aromatic carbocycles. The van der Waals surface area contributed by atoms with Gasteiger partial charge in [0, 0.05) is 22.7 Å². The van der Waals surface area contributed by atoms with Gasteiger partial charge in [-0.15, -0.1) is 0 Å². The molecule has 1 aliphatic rings. The van der Waals surface area contributed by atoms with Gasteiger partial charge >= 0.3 is 0 Å². The van der Waals surface area contributed by atoms with Crippen molar-refractivity contribution in [2.45, 2.75) is 32.1 Å². The minimum absolute atomic E-state index is 0.0966. The molecule has 0 saturated carbocycles. The molecule has 0 aromatic heterocycles. The first-order valence-electron chi connectivity index (χ1n) is 6.74. The van der Waals surface area contributed by atoms with E-state index < -0.39 is 0 Å². The molecule has 2 amide bonds. The van der Waals surface area contributed by atoms with Crippen LogP contribution in [0.15, 0.2) is 22.7 Å². The second kappa shape index (κ2) is 6.39. The van der Waals surface area contributed by atoms with Crippen LogP contribution in [0.5, 0.6) is 5.75 Å². The summed E-state index contributed by atoms with van der Waals surface area (Å²) in [6.45, 7) is 2.04. The lowest BCUT2D eigenvalue weighted by molar-refractivity contribution is -0.137. The summed E-state index contributed by atoms with van der Waals surface area (Å²) in [6.07, 6.45) is 2.01. The number of piperidine rings is 1. The number of imide groups is 1. The van der Waals surface area contributed by atoms with E-state index in [0.717, 1.165) is 28.6 Å². The second-order valence-corrected chi connectivity index (χ2v) is 5.86. The molecule has 5 heteroatoms. The van der Waals surface area contributed by atoms with E-state index in [1.807, 2.05) is 25.1 Å². The maximum Gasteiger partial charge on any atom is 0.230 e. The van der Waals surface area contributed by atoms with Gasteiger partial charge in [-0.3, -0.25) is 14.9 Å². The first-order chi connectivity index (χ1) is 9.56. The van der Waals surface area contributed by atoms with Crippen molar-refractivity contribution < 1.29 is 14.3 Å². The van der Waals surface area contributed by atoms with Crippen molar-refractivity contribution in [3.8, 4) is 5.75 Å². The van der Waals surface area contributed by atoms with Crippen LogP contribution in [0.3, 0.4) is 0 Å². The van der Waals surface area contributed by atoms with E-state index in [-0.39, 0.29) is 23.7 Å². The molecule has 1 N–H and O–H groups in total. The molecule has 1 heterocycles. The number of carbonyl (C=O) groups is 2. The molecule has 2 atom stereocenters. The van der Waals surface area contributed by atoms with Gasteiger partial charge < -0.3 is 4.74 Å². The largest absolute Gasteiger partial charge is 0.497 e. The maximum absolute atomic E-state index is 12.1. The summed E-state index contributed by atoms with van der Waals surface area (Å²) in [7, 11) is 1.61. The molecule has 108 valence electrons. The molecule has 2 rings (SSSR count). The third-order valence-electron chi connectivity index (χ3n) is 3.69. The van der Waals surface area contributed by atoms with Gasteiger partial charge in [0.25, 0.3) is 0 Å². The Morgan fingerprint density at radius 1 is 1.40 bits per heavy atom. The summed E-state index contributed by atoms with van der Waals surface area (Å²) in [5, 5.41) is 2.44. The highest BCUT2D eigenvalue weighted by molar-refractivity contribution is 9.10. The quantitative estimate of drug-likeness (QED) is 0.858. The Kier molecular flexibility index (Phi) is 4.81. The van der Waals surface area contributed by atoms with Gasteiger partial charge in [0.05, 0.1) is 7.11 Å². The van der Waals surface area contributed by atoms with Crippen LogP contribution in [0.4, 0.5) is 0 Å². The van der Waals surface area contributed by atoms with Crippen molar-refractivity contribution in [2.75, 3.05) is 7.11 Å². The number of methoxy groups -OCH3 is 1. The fourth-order valence-electron chi connectivity index (χ4n) is 2.71. The van der Waals surface area contributed by atoms with Gasteiger partial charge in [0.1, 0.15) is 5.75 Å². The van der Waals surface area contributed by atoms with Gasteiger partial charge in [-0.1, -0.05) is 29.3 Å². The van der Waals surface area contributed by atoms with Crippen LogP contribution >= 0.6 is 15.9 Å². The highest BCUT2D eigenvalue weighted by atomic mass is 79.9. The van der Waals surface area contributed by atoms with Gasteiger partial charge in [0.2, 0.25) is 11.8 Å². The number of halogens is 1. The van der Waals surface area contributed by atoms with Crippen molar-refractivity contribution in [3.63, 3.8) is 0 Å². The van der Waals surface area contributed by atoms with E-state index in [1.165, 1.54) is 0 Å². The second-order valence-electron chi connectivity index (χ2n) is 5.01. The standard InChI is InChI=1S/C15H18BrNO3/c1-3-4-10-11(8-14(18)17-15(10)19)12-7-9(20-2)5-6-13(12)16/h5-7,10-11H,3-4,8H2,1-2H3,(H,17,18,19). The molecule has 1 aliphatic heterocycles. The lowest BCUT2D eigenvalue weighted by Gasteiger charge is -2.31. The highest BCUT2D eigenvalue weighted by Crippen LogP contribution is 2.39. The predicted molar refractivity (Wildman–Crippen MR) is 79.6 cm³/mol. The minimum atomic E-state index is -0.206. The number of nitrogens with one attached hydrogen (secondary N) is 1. The number of carbonyl (C=O) groups excluding carboxylic acids is 2. The molecule has 1 aromatic rings. The van der Waals surface area contributed by atoms with Crippen LogP contribution in [0.1, 0.15) is 37.7 Å². The number of benzene rings is 1. The van der Waals surface area contributed by atoms with E-state index in [2.05, 4.69) is 21.2 Å². The summed E-state index contributed by atoms with van der Waals surface area (Å²) in [5.74, 6) is 0.101. The molecule has 0 radical (unpaired) electrons. The van der Waals surface area contributed by atoms with E-state index in [4.69, 9.17) is 4.74 Å². The summed E-state index contributed by atoms with van der Waals surface area (Å²) in [5.41, 5.74) is 0.964. The van der Waals surface area contributed by atoms with Crippen molar-refractivity contribution >= 4 is 27.7 Å². The Bertz CT molecular complexity index is 530. The maximum atomic E-state index is 12.1. The van der Waals surface area contributed by atoms with Crippen LogP contribution in [0, 0.1) is 5.92 Å². The van der Waals surface area contributed by atoms with Crippen molar-refractivity contribution in [1.29, 1.82) is 0 Å². The van der Waals surface area contributed by atoms with Crippen molar-refractivity contribution in [1.82, 2.24) is 5.32 Å². The van der Waals surface area contributed by atoms with Crippen molar-refractivity contribution in [3.05, 3.63) is 28.2 Å². The molecule has 20 heavy (non-hydrogen) atoms. The first-order valence-corrected chi connectivity index (χ1v) is 7.53.